The Morgan fingerprint density at radius 1 is 1.39 bits per heavy atom. The molecule has 3 atom stereocenters. The molecule has 0 aromatic carbocycles. The lowest BCUT2D eigenvalue weighted by Crippen LogP contribution is -2.22. The molecule has 1 N–H and O–H groups in total. The Morgan fingerprint density at radius 2 is 2.16 bits per heavy atom. The summed E-state index contributed by atoms with van der Waals surface area (Å²) in [6, 6.07) is 2.28. The van der Waals surface area contributed by atoms with Crippen molar-refractivity contribution in [3.8, 4) is 17.3 Å². The third kappa shape index (κ3) is 3.50. The van der Waals surface area contributed by atoms with Gasteiger partial charge in [0.1, 0.15) is 11.6 Å². The number of nitrogens with one attached hydrogen (secondary N) is 1. The zero-order valence-corrected chi connectivity index (χ0v) is 18.0. The molecule has 0 radical (unpaired) electrons. The summed E-state index contributed by atoms with van der Waals surface area (Å²) in [4.78, 5) is 29.8. The largest absolute Gasteiger partial charge is 0.295 e. The number of carbonyl (C=O) groups is 1. The summed E-state index contributed by atoms with van der Waals surface area (Å²) in [6.45, 7) is 9.47. The molecule has 8 nitrogen and oxygen atoms in total. The van der Waals surface area contributed by atoms with Crippen LogP contribution in [0.5, 0.6) is 0 Å². The summed E-state index contributed by atoms with van der Waals surface area (Å²) in [7, 11) is 0. The average molecular weight is 419 g/mol. The molecular formula is C23H26N6O2. The van der Waals surface area contributed by atoms with Crippen molar-refractivity contribution >= 4 is 11.4 Å². The number of rotatable bonds is 6. The molecule has 1 saturated carbocycles. The number of hydrogen-bond acceptors (Lipinski definition) is 5. The van der Waals surface area contributed by atoms with Crippen molar-refractivity contribution in [2.24, 2.45) is 11.8 Å². The second kappa shape index (κ2) is 7.99. The molecule has 3 heterocycles. The van der Waals surface area contributed by atoms with Gasteiger partial charge in [-0.05, 0) is 37.2 Å². The number of nitriles is 1. The fraction of sp³-hybridized carbons (Fsp3) is 0.435. The fourth-order valence-electron chi connectivity index (χ4n) is 4.62. The topological polar surface area (TPSA) is 109 Å². The number of allylic oxidation sites excluding steroid dienone is 1. The summed E-state index contributed by atoms with van der Waals surface area (Å²) in [5.41, 5.74) is 2.33. The Balaban J connectivity index is 1.70. The van der Waals surface area contributed by atoms with Crippen LogP contribution in [0.4, 0.5) is 0 Å². The highest BCUT2D eigenvalue weighted by Crippen LogP contribution is 2.39. The first-order valence-corrected chi connectivity index (χ1v) is 10.6. The van der Waals surface area contributed by atoms with E-state index in [9.17, 15) is 14.9 Å². The molecule has 31 heavy (non-hydrogen) atoms. The molecule has 0 aliphatic heterocycles. The fourth-order valence-corrected chi connectivity index (χ4v) is 4.62. The van der Waals surface area contributed by atoms with Crippen molar-refractivity contribution in [1.29, 1.82) is 5.26 Å². The molecule has 4 rings (SSSR count). The first-order chi connectivity index (χ1) is 14.8. The standard InChI is InChI=1S/C23H26N6O2/c1-5-19(30)14(4)15-6-7-18(8-15)28-12-17(11-25-28)21-20(13(2)3)23(31)29-22(27-21)16(9-24)10-26-29/h5,10-15,18,26H,1,6-8H2,2-4H3. The van der Waals surface area contributed by atoms with Crippen molar-refractivity contribution in [3.05, 3.63) is 52.7 Å². The van der Waals surface area contributed by atoms with Crippen LogP contribution < -0.4 is 5.56 Å². The van der Waals surface area contributed by atoms with Crippen LogP contribution in [0, 0.1) is 23.2 Å². The normalized spacial score (nSPS) is 19.6. The summed E-state index contributed by atoms with van der Waals surface area (Å²) >= 11 is 0. The van der Waals surface area contributed by atoms with E-state index in [0.29, 0.717) is 28.4 Å². The van der Waals surface area contributed by atoms with Gasteiger partial charge in [-0.25, -0.2) is 9.50 Å². The molecule has 0 saturated heterocycles. The molecule has 8 heteroatoms. The van der Waals surface area contributed by atoms with Crippen molar-refractivity contribution in [2.45, 2.75) is 52.0 Å². The molecule has 160 valence electrons. The van der Waals surface area contributed by atoms with Gasteiger partial charge in [0.2, 0.25) is 0 Å². The van der Waals surface area contributed by atoms with E-state index >= 15 is 0 Å². The summed E-state index contributed by atoms with van der Waals surface area (Å²) < 4.78 is 3.25. The van der Waals surface area contributed by atoms with Crippen LogP contribution in [-0.2, 0) is 4.79 Å². The molecule has 0 amide bonds. The minimum atomic E-state index is -0.207. The molecule has 3 aromatic rings. The molecule has 1 aliphatic rings. The lowest BCUT2D eigenvalue weighted by atomic mass is 9.89. The Labute approximate surface area is 180 Å². The van der Waals surface area contributed by atoms with Crippen LogP contribution in [0.1, 0.15) is 63.1 Å². The molecule has 1 aliphatic carbocycles. The van der Waals surface area contributed by atoms with Gasteiger partial charge in [-0.15, -0.1) is 0 Å². The van der Waals surface area contributed by atoms with Crippen LogP contribution in [0.3, 0.4) is 0 Å². The monoisotopic (exact) mass is 418 g/mol. The van der Waals surface area contributed by atoms with Crippen LogP contribution in [0.25, 0.3) is 16.9 Å². The van der Waals surface area contributed by atoms with Crippen LogP contribution >= 0.6 is 0 Å². The minimum absolute atomic E-state index is 0.0350. The number of ketones is 1. The van der Waals surface area contributed by atoms with Gasteiger partial charge in [0.05, 0.1) is 17.9 Å². The third-order valence-electron chi connectivity index (χ3n) is 6.45. The average Bonchev–Trinajstić information content (AvgIpc) is 3.50. The third-order valence-corrected chi connectivity index (χ3v) is 6.45. The number of carbonyl (C=O) groups excluding carboxylic acids is 1. The first-order valence-electron chi connectivity index (χ1n) is 10.6. The maximum atomic E-state index is 13.1. The van der Waals surface area contributed by atoms with Gasteiger partial charge in [-0.2, -0.15) is 10.4 Å². The maximum Gasteiger partial charge on any atom is 0.276 e. The number of fused-ring (bicyclic) bond motifs is 1. The maximum absolute atomic E-state index is 13.1. The minimum Gasteiger partial charge on any atom is -0.295 e. The highest BCUT2D eigenvalue weighted by atomic mass is 16.1. The van der Waals surface area contributed by atoms with Gasteiger partial charge < -0.3 is 0 Å². The molecule has 3 aromatic heterocycles. The van der Waals surface area contributed by atoms with Gasteiger partial charge in [-0.1, -0.05) is 27.4 Å². The number of hydrogen-bond donors (Lipinski definition) is 1. The number of nitrogens with zero attached hydrogens (tertiary/aromatic N) is 5. The van der Waals surface area contributed by atoms with E-state index in [1.165, 1.54) is 16.8 Å². The number of H-pyrrole nitrogens is 1. The first kappa shape index (κ1) is 20.8. The summed E-state index contributed by atoms with van der Waals surface area (Å²) in [6.07, 6.45) is 9.36. The number of aromatic amines is 1. The van der Waals surface area contributed by atoms with Crippen molar-refractivity contribution in [1.82, 2.24) is 24.4 Å². The van der Waals surface area contributed by atoms with Crippen LogP contribution in [0.15, 0.2) is 36.0 Å². The van der Waals surface area contributed by atoms with Gasteiger partial charge >= 0.3 is 0 Å². The molecular weight excluding hydrogens is 392 g/mol. The predicted molar refractivity (Wildman–Crippen MR) is 117 cm³/mol. The Bertz CT molecular complexity index is 1260. The van der Waals surface area contributed by atoms with E-state index in [-0.39, 0.29) is 29.2 Å². The van der Waals surface area contributed by atoms with Crippen LogP contribution in [0.2, 0.25) is 0 Å². The molecule has 0 spiro atoms. The van der Waals surface area contributed by atoms with E-state index in [4.69, 9.17) is 0 Å². The molecule has 0 bridgehead atoms. The zero-order valence-electron chi connectivity index (χ0n) is 18.0. The van der Waals surface area contributed by atoms with Crippen molar-refractivity contribution in [3.63, 3.8) is 0 Å². The summed E-state index contributed by atoms with van der Waals surface area (Å²) in [5.74, 6) is 0.315. The second-order valence-corrected chi connectivity index (χ2v) is 8.62. The summed E-state index contributed by atoms with van der Waals surface area (Å²) in [5, 5.41) is 16.7. The van der Waals surface area contributed by atoms with E-state index < -0.39 is 0 Å². The van der Waals surface area contributed by atoms with Gasteiger partial charge in [0, 0.05) is 29.4 Å². The van der Waals surface area contributed by atoms with E-state index in [2.05, 4.69) is 27.8 Å². The Hall–Kier alpha value is -3.47. The Kier molecular flexibility index (Phi) is 5.36. The Morgan fingerprint density at radius 3 is 2.84 bits per heavy atom. The van der Waals surface area contributed by atoms with E-state index in [1.807, 2.05) is 31.6 Å². The molecule has 1 fully saturated rings. The molecule has 3 unspecified atom stereocenters. The van der Waals surface area contributed by atoms with Gasteiger partial charge in [-0.3, -0.25) is 19.4 Å². The SMILES string of the molecule is C=CC(=O)C(C)C1CCC(n2cc(-c3nc4c(C#N)c[nH]n4c(=O)c3C(C)C)cn2)C1. The van der Waals surface area contributed by atoms with Crippen LogP contribution in [-0.4, -0.2) is 30.2 Å². The van der Waals surface area contributed by atoms with Gasteiger partial charge in [0.25, 0.3) is 5.56 Å². The predicted octanol–water partition coefficient (Wildman–Crippen LogP) is 3.61. The lowest BCUT2D eigenvalue weighted by molar-refractivity contribution is -0.119. The smallest absolute Gasteiger partial charge is 0.276 e. The highest BCUT2D eigenvalue weighted by Gasteiger charge is 2.32. The zero-order chi connectivity index (χ0) is 22.3. The van der Waals surface area contributed by atoms with Gasteiger partial charge in [0.15, 0.2) is 11.4 Å². The van der Waals surface area contributed by atoms with Crippen molar-refractivity contribution < 1.29 is 4.79 Å². The van der Waals surface area contributed by atoms with E-state index in [1.54, 1.807) is 6.20 Å². The second-order valence-electron chi connectivity index (χ2n) is 8.62. The van der Waals surface area contributed by atoms with Crippen molar-refractivity contribution in [2.75, 3.05) is 0 Å². The number of aromatic nitrogens is 5. The highest BCUT2D eigenvalue weighted by molar-refractivity contribution is 5.91. The quantitative estimate of drug-likeness (QED) is 0.615. The van der Waals surface area contributed by atoms with E-state index in [0.717, 1.165) is 24.8 Å². The lowest BCUT2D eigenvalue weighted by Gasteiger charge is -2.16.